The van der Waals surface area contributed by atoms with Crippen molar-refractivity contribution in [3.63, 3.8) is 0 Å². The van der Waals surface area contributed by atoms with Crippen molar-refractivity contribution >= 4 is 17.5 Å². The van der Waals surface area contributed by atoms with E-state index in [1.165, 1.54) is 0 Å². The second kappa shape index (κ2) is 6.36. The van der Waals surface area contributed by atoms with Crippen LogP contribution in [0.5, 0.6) is 0 Å². The SMILES string of the molecule is Nc1ccc(C(=O)/C=C/C=C/c2ccccc2)cc1. The largest absolute Gasteiger partial charge is 0.399 e. The lowest BCUT2D eigenvalue weighted by molar-refractivity contribution is 0.104. The number of allylic oxidation sites excluding steroid dienone is 3. The molecular formula is C17H15NO. The number of nitrogen functional groups attached to an aromatic ring is 1. The number of carbonyl (C=O) groups excluding carboxylic acids is 1. The summed E-state index contributed by atoms with van der Waals surface area (Å²) in [5.74, 6) is -0.0299. The average molecular weight is 249 g/mol. The zero-order valence-electron chi connectivity index (χ0n) is 10.5. The molecule has 2 heteroatoms. The molecule has 0 aliphatic rings. The van der Waals surface area contributed by atoms with Crippen molar-refractivity contribution in [2.75, 3.05) is 5.73 Å². The van der Waals surface area contributed by atoms with Gasteiger partial charge < -0.3 is 5.73 Å². The van der Waals surface area contributed by atoms with Gasteiger partial charge in [0.2, 0.25) is 0 Å². The molecule has 0 amide bonds. The smallest absolute Gasteiger partial charge is 0.185 e. The van der Waals surface area contributed by atoms with Gasteiger partial charge in [0.25, 0.3) is 0 Å². The van der Waals surface area contributed by atoms with Gasteiger partial charge in [-0.2, -0.15) is 0 Å². The van der Waals surface area contributed by atoms with Crippen LogP contribution in [-0.2, 0) is 0 Å². The van der Waals surface area contributed by atoms with Crippen LogP contribution >= 0.6 is 0 Å². The van der Waals surface area contributed by atoms with Crippen molar-refractivity contribution in [1.29, 1.82) is 0 Å². The summed E-state index contributed by atoms with van der Waals surface area (Å²) in [7, 11) is 0. The number of ketones is 1. The number of hydrogen-bond donors (Lipinski definition) is 1. The first-order chi connectivity index (χ1) is 9.25. The number of benzene rings is 2. The average Bonchev–Trinajstić information content (AvgIpc) is 2.45. The Hall–Kier alpha value is -2.61. The van der Waals surface area contributed by atoms with Gasteiger partial charge in [-0.1, -0.05) is 48.6 Å². The van der Waals surface area contributed by atoms with Crippen molar-refractivity contribution in [1.82, 2.24) is 0 Å². The summed E-state index contributed by atoms with van der Waals surface area (Å²) in [6.07, 6.45) is 7.09. The summed E-state index contributed by atoms with van der Waals surface area (Å²) in [5.41, 5.74) is 7.97. The fourth-order valence-electron chi connectivity index (χ4n) is 1.62. The van der Waals surface area contributed by atoms with Crippen LogP contribution in [0.25, 0.3) is 6.08 Å². The summed E-state index contributed by atoms with van der Waals surface area (Å²) in [5, 5.41) is 0. The molecule has 0 aromatic heterocycles. The van der Waals surface area contributed by atoms with Gasteiger partial charge in [-0.15, -0.1) is 0 Å². The number of rotatable bonds is 4. The van der Waals surface area contributed by atoms with Gasteiger partial charge in [-0.3, -0.25) is 4.79 Å². The Morgan fingerprint density at radius 2 is 1.58 bits per heavy atom. The predicted octanol–water partition coefficient (Wildman–Crippen LogP) is 3.72. The van der Waals surface area contributed by atoms with Crippen LogP contribution in [0.15, 0.2) is 72.8 Å². The first-order valence-corrected chi connectivity index (χ1v) is 6.05. The molecule has 0 unspecified atom stereocenters. The van der Waals surface area contributed by atoms with Crippen LogP contribution in [0.2, 0.25) is 0 Å². The van der Waals surface area contributed by atoms with E-state index in [-0.39, 0.29) is 5.78 Å². The van der Waals surface area contributed by atoms with Gasteiger partial charge in [0.15, 0.2) is 5.78 Å². The van der Waals surface area contributed by atoms with Crippen molar-refractivity contribution in [2.45, 2.75) is 0 Å². The van der Waals surface area contributed by atoms with Crippen LogP contribution < -0.4 is 5.73 Å². The molecule has 2 aromatic rings. The molecule has 2 N–H and O–H groups in total. The Balaban J connectivity index is 1.97. The summed E-state index contributed by atoms with van der Waals surface area (Å²) >= 11 is 0. The van der Waals surface area contributed by atoms with E-state index in [1.807, 2.05) is 42.5 Å². The summed E-state index contributed by atoms with van der Waals surface area (Å²) in [6.45, 7) is 0. The fraction of sp³-hybridized carbons (Fsp3) is 0. The van der Waals surface area contributed by atoms with Crippen LogP contribution in [-0.4, -0.2) is 5.78 Å². The molecule has 0 radical (unpaired) electrons. The van der Waals surface area contributed by atoms with E-state index in [0.29, 0.717) is 11.3 Å². The molecule has 0 spiro atoms. The van der Waals surface area contributed by atoms with Gasteiger partial charge in [0.05, 0.1) is 0 Å². The lowest BCUT2D eigenvalue weighted by Crippen LogP contribution is -1.94. The third kappa shape index (κ3) is 3.96. The Bertz CT molecular complexity index is 595. The zero-order valence-corrected chi connectivity index (χ0v) is 10.5. The number of carbonyl (C=O) groups is 1. The topological polar surface area (TPSA) is 43.1 Å². The van der Waals surface area contributed by atoms with E-state index in [4.69, 9.17) is 5.73 Å². The molecule has 19 heavy (non-hydrogen) atoms. The van der Waals surface area contributed by atoms with E-state index in [0.717, 1.165) is 5.56 Å². The summed E-state index contributed by atoms with van der Waals surface area (Å²) < 4.78 is 0. The lowest BCUT2D eigenvalue weighted by atomic mass is 10.1. The fourth-order valence-corrected chi connectivity index (χ4v) is 1.62. The molecule has 0 fully saturated rings. The number of anilines is 1. The molecule has 2 nitrogen and oxygen atoms in total. The quantitative estimate of drug-likeness (QED) is 0.388. The maximum absolute atomic E-state index is 11.8. The Morgan fingerprint density at radius 1 is 0.895 bits per heavy atom. The van der Waals surface area contributed by atoms with Crippen LogP contribution in [0.1, 0.15) is 15.9 Å². The minimum Gasteiger partial charge on any atom is -0.399 e. The van der Waals surface area contributed by atoms with Crippen LogP contribution in [0.4, 0.5) is 5.69 Å². The van der Waals surface area contributed by atoms with Crippen molar-refractivity contribution < 1.29 is 4.79 Å². The highest BCUT2D eigenvalue weighted by Gasteiger charge is 1.99. The third-order valence-electron chi connectivity index (χ3n) is 2.64. The molecule has 0 saturated heterocycles. The van der Waals surface area contributed by atoms with Gasteiger partial charge in [-0.05, 0) is 35.9 Å². The minimum atomic E-state index is -0.0299. The van der Waals surface area contributed by atoms with Crippen LogP contribution in [0, 0.1) is 0 Å². The van der Waals surface area contributed by atoms with Gasteiger partial charge in [0.1, 0.15) is 0 Å². The molecule has 2 aromatic carbocycles. The van der Waals surface area contributed by atoms with Gasteiger partial charge >= 0.3 is 0 Å². The van der Waals surface area contributed by atoms with E-state index < -0.39 is 0 Å². The normalized spacial score (nSPS) is 11.2. The molecule has 0 atom stereocenters. The predicted molar refractivity (Wildman–Crippen MR) is 79.8 cm³/mol. The number of hydrogen-bond acceptors (Lipinski definition) is 2. The second-order valence-electron chi connectivity index (χ2n) is 4.12. The maximum atomic E-state index is 11.8. The Kier molecular flexibility index (Phi) is 4.29. The zero-order chi connectivity index (χ0) is 13.5. The molecule has 0 saturated carbocycles. The highest BCUT2D eigenvalue weighted by atomic mass is 16.1. The van der Waals surface area contributed by atoms with Crippen molar-refractivity contribution in [3.05, 3.63) is 84.0 Å². The van der Waals surface area contributed by atoms with E-state index in [9.17, 15) is 4.79 Å². The van der Waals surface area contributed by atoms with Crippen molar-refractivity contribution in [2.24, 2.45) is 0 Å². The molecule has 0 bridgehead atoms. The first-order valence-electron chi connectivity index (χ1n) is 6.05. The third-order valence-corrected chi connectivity index (χ3v) is 2.64. The molecular weight excluding hydrogens is 234 g/mol. The maximum Gasteiger partial charge on any atom is 0.185 e. The van der Waals surface area contributed by atoms with Crippen LogP contribution in [0.3, 0.4) is 0 Å². The Morgan fingerprint density at radius 3 is 2.26 bits per heavy atom. The van der Waals surface area contributed by atoms with E-state index >= 15 is 0 Å². The first kappa shape index (κ1) is 12.8. The van der Waals surface area contributed by atoms with E-state index in [2.05, 4.69) is 0 Å². The highest BCUT2D eigenvalue weighted by Crippen LogP contribution is 2.07. The minimum absolute atomic E-state index is 0.0299. The van der Waals surface area contributed by atoms with Gasteiger partial charge in [-0.25, -0.2) is 0 Å². The molecule has 0 aliphatic heterocycles. The molecule has 94 valence electrons. The van der Waals surface area contributed by atoms with Crippen molar-refractivity contribution in [3.8, 4) is 0 Å². The highest BCUT2D eigenvalue weighted by molar-refractivity contribution is 6.04. The molecule has 2 rings (SSSR count). The number of nitrogens with two attached hydrogens (primary N) is 1. The van der Waals surface area contributed by atoms with E-state index in [1.54, 1.807) is 36.4 Å². The van der Waals surface area contributed by atoms with Gasteiger partial charge in [0, 0.05) is 11.3 Å². The lowest BCUT2D eigenvalue weighted by Gasteiger charge is -1.95. The molecule has 0 aliphatic carbocycles. The standard InChI is InChI=1S/C17H15NO/c18-16-12-10-15(11-13-16)17(19)9-5-4-8-14-6-2-1-3-7-14/h1-13H,18H2/b8-4+,9-5+. The molecule has 0 heterocycles. The second-order valence-corrected chi connectivity index (χ2v) is 4.12. The summed E-state index contributed by atoms with van der Waals surface area (Å²) in [4.78, 5) is 11.8. The summed E-state index contributed by atoms with van der Waals surface area (Å²) in [6, 6.07) is 16.8. The monoisotopic (exact) mass is 249 g/mol. The Labute approximate surface area is 112 Å².